The molecule has 0 N–H and O–H groups in total. The van der Waals surface area contributed by atoms with Crippen LogP contribution in [0, 0.1) is 6.92 Å². The second-order valence-corrected chi connectivity index (χ2v) is 8.37. The zero-order valence-corrected chi connectivity index (χ0v) is 18.6. The Balaban J connectivity index is 1.58. The van der Waals surface area contributed by atoms with Crippen molar-refractivity contribution in [3.63, 3.8) is 0 Å². The molecule has 0 saturated carbocycles. The SMILES string of the molecule is CCCC1OC(n2cc(C)c(=O)n(Cc3ccccc3)c2=O)CC1OCc1ccccc1. The fourth-order valence-corrected chi connectivity index (χ4v) is 4.24. The minimum atomic E-state index is -0.457. The topological polar surface area (TPSA) is 62.5 Å². The Kier molecular flexibility index (Phi) is 7.02. The van der Waals surface area contributed by atoms with Crippen molar-refractivity contribution in [3.05, 3.63) is 104 Å². The van der Waals surface area contributed by atoms with Crippen molar-refractivity contribution in [1.82, 2.24) is 9.13 Å². The molecule has 2 aromatic carbocycles. The molecule has 0 amide bonds. The Morgan fingerprint density at radius 2 is 1.66 bits per heavy atom. The van der Waals surface area contributed by atoms with Crippen LogP contribution in [0.25, 0.3) is 0 Å². The van der Waals surface area contributed by atoms with E-state index in [0.717, 1.165) is 24.0 Å². The van der Waals surface area contributed by atoms with Crippen LogP contribution in [0.4, 0.5) is 0 Å². The number of nitrogens with zero attached hydrogens (tertiary/aromatic N) is 2. The van der Waals surface area contributed by atoms with Gasteiger partial charge in [0.15, 0.2) is 0 Å². The summed E-state index contributed by atoms with van der Waals surface area (Å²) in [5.74, 6) is 0. The van der Waals surface area contributed by atoms with Gasteiger partial charge in [-0.05, 0) is 24.5 Å². The smallest absolute Gasteiger partial charge is 0.333 e. The summed E-state index contributed by atoms with van der Waals surface area (Å²) in [6.07, 6.45) is 3.36. The molecule has 1 aliphatic heterocycles. The molecule has 0 spiro atoms. The van der Waals surface area contributed by atoms with Gasteiger partial charge >= 0.3 is 5.69 Å². The fraction of sp³-hybridized carbons (Fsp3) is 0.385. The minimum Gasteiger partial charge on any atom is -0.371 e. The van der Waals surface area contributed by atoms with Crippen molar-refractivity contribution in [2.75, 3.05) is 0 Å². The van der Waals surface area contributed by atoms with Crippen molar-refractivity contribution >= 4 is 0 Å². The molecule has 3 atom stereocenters. The van der Waals surface area contributed by atoms with E-state index in [2.05, 4.69) is 6.92 Å². The maximum Gasteiger partial charge on any atom is 0.333 e. The number of hydrogen-bond donors (Lipinski definition) is 0. The molecule has 1 fully saturated rings. The lowest BCUT2D eigenvalue weighted by atomic mass is 10.1. The van der Waals surface area contributed by atoms with Crippen molar-refractivity contribution < 1.29 is 9.47 Å². The maximum absolute atomic E-state index is 13.3. The van der Waals surface area contributed by atoms with Crippen molar-refractivity contribution in [2.45, 2.75) is 64.7 Å². The molecule has 3 aromatic rings. The van der Waals surface area contributed by atoms with Crippen molar-refractivity contribution in [2.24, 2.45) is 0 Å². The molecule has 2 heterocycles. The lowest BCUT2D eigenvalue weighted by Gasteiger charge is -2.19. The van der Waals surface area contributed by atoms with Gasteiger partial charge in [0.25, 0.3) is 5.56 Å². The highest BCUT2D eigenvalue weighted by Crippen LogP contribution is 2.32. The van der Waals surface area contributed by atoms with E-state index in [1.54, 1.807) is 17.7 Å². The van der Waals surface area contributed by atoms with Gasteiger partial charge in [0.2, 0.25) is 0 Å². The molecule has 1 saturated heterocycles. The molecule has 1 aromatic heterocycles. The molecule has 6 nitrogen and oxygen atoms in total. The third-order valence-corrected chi connectivity index (χ3v) is 5.92. The van der Waals surface area contributed by atoms with E-state index >= 15 is 0 Å². The van der Waals surface area contributed by atoms with Gasteiger partial charge in [-0.25, -0.2) is 4.79 Å². The van der Waals surface area contributed by atoms with Gasteiger partial charge in [-0.3, -0.25) is 13.9 Å². The lowest BCUT2D eigenvalue weighted by Crippen LogP contribution is -2.42. The van der Waals surface area contributed by atoms with Gasteiger partial charge in [-0.1, -0.05) is 74.0 Å². The summed E-state index contributed by atoms with van der Waals surface area (Å²) in [6.45, 7) is 4.59. The zero-order chi connectivity index (χ0) is 22.5. The molecule has 0 bridgehead atoms. The van der Waals surface area contributed by atoms with Crippen LogP contribution in [0.5, 0.6) is 0 Å². The van der Waals surface area contributed by atoms with Crippen LogP contribution in [0.3, 0.4) is 0 Å². The Bertz CT molecular complexity index is 1140. The van der Waals surface area contributed by atoms with E-state index in [0.29, 0.717) is 18.6 Å². The van der Waals surface area contributed by atoms with Crippen LogP contribution in [0.2, 0.25) is 0 Å². The van der Waals surface area contributed by atoms with E-state index in [1.807, 2.05) is 60.7 Å². The number of rotatable bonds is 8. The second kappa shape index (κ2) is 10.1. The summed E-state index contributed by atoms with van der Waals surface area (Å²) in [6, 6.07) is 19.6. The first-order valence-electron chi connectivity index (χ1n) is 11.2. The molecular weight excluding hydrogens is 404 g/mol. The third kappa shape index (κ3) is 4.92. The lowest BCUT2D eigenvalue weighted by molar-refractivity contribution is -0.0475. The standard InChI is InChI=1S/C26H30N2O4/c1-3-10-22-23(31-18-21-13-8-5-9-14-21)15-24(32-22)27-16-19(2)25(29)28(26(27)30)17-20-11-6-4-7-12-20/h4-9,11-14,16,22-24H,3,10,15,17-18H2,1-2H3. The van der Waals surface area contributed by atoms with Crippen LogP contribution < -0.4 is 11.2 Å². The molecule has 6 heteroatoms. The Hall–Kier alpha value is -2.96. The summed E-state index contributed by atoms with van der Waals surface area (Å²) in [7, 11) is 0. The molecule has 32 heavy (non-hydrogen) atoms. The number of hydrogen-bond acceptors (Lipinski definition) is 4. The maximum atomic E-state index is 13.3. The first-order valence-corrected chi connectivity index (χ1v) is 11.2. The Labute approximate surface area is 188 Å². The number of aromatic nitrogens is 2. The Morgan fingerprint density at radius 1 is 1.00 bits per heavy atom. The highest BCUT2D eigenvalue weighted by Gasteiger charge is 2.37. The van der Waals surface area contributed by atoms with E-state index < -0.39 is 6.23 Å². The quantitative estimate of drug-likeness (QED) is 0.537. The predicted molar refractivity (Wildman–Crippen MR) is 124 cm³/mol. The first kappa shape index (κ1) is 22.2. The summed E-state index contributed by atoms with van der Waals surface area (Å²) in [5, 5.41) is 0. The average Bonchev–Trinajstić information content (AvgIpc) is 3.22. The van der Waals surface area contributed by atoms with Crippen LogP contribution in [-0.4, -0.2) is 21.3 Å². The predicted octanol–water partition coefficient (Wildman–Crippen LogP) is 4.04. The van der Waals surface area contributed by atoms with Crippen LogP contribution in [-0.2, 0) is 22.6 Å². The minimum absolute atomic E-state index is 0.0876. The van der Waals surface area contributed by atoms with Gasteiger partial charge < -0.3 is 9.47 Å². The molecule has 0 radical (unpaired) electrons. The summed E-state index contributed by atoms with van der Waals surface area (Å²) < 4.78 is 15.4. The Morgan fingerprint density at radius 3 is 2.31 bits per heavy atom. The average molecular weight is 435 g/mol. The van der Waals surface area contributed by atoms with Crippen molar-refractivity contribution in [1.29, 1.82) is 0 Å². The van der Waals surface area contributed by atoms with Crippen LogP contribution in [0.15, 0.2) is 76.4 Å². The highest BCUT2D eigenvalue weighted by atomic mass is 16.6. The molecule has 168 valence electrons. The molecule has 4 rings (SSSR count). The number of aryl methyl sites for hydroxylation is 1. The third-order valence-electron chi connectivity index (χ3n) is 5.92. The van der Waals surface area contributed by atoms with Gasteiger partial charge in [0.05, 0.1) is 25.4 Å². The summed E-state index contributed by atoms with van der Waals surface area (Å²) in [4.78, 5) is 26.0. The molecular formula is C26H30N2O4. The number of ether oxygens (including phenoxy) is 2. The molecule has 0 aliphatic carbocycles. The van der Waals surface area contributed by atoms with E-state index in [1.165, 1.54) is 4.57 Å². The second-order valence-electron chi connectivity index (χ2n) is 8.37. The fourth-order valence-electron chi connectivity index (χ4n) is 4.24. The van der Waals surface area contributed by atoms with Gasteiger partial charge in [0, 0.05) is 18.2 Å². The summed E-state index contributed by atoms with van der Waals surface area (Å²) in [5.41, 5.74) is 1.91. The van der Waals surface area contributed by atoms with Gasteiger partial charge in [-0.2, -0.15) is 0 Å². The van der Waals surface area contributed by atoms with Crippen molar-refractivity contribution in [3.8, 4) is 0 Å². The highest BCUT2D eigenvalue weighted by molar-refractivity contribution is 5.16. The normalized spacial score (nSPS) is 20.5. The van der Waals surface area contributed by atoms with Crippen LogP contribution >= 0.6 is 0 Å². The molecule has 3 unspecified atom stereocenters. The van der Waals surface area contributed by atoms with E-state index in [-0.39, 0.29) is 30.0 Å². The number of benzene rings is 2. The van der Waals surface area contributed by atoms with Gasteiger partial charge in [-0.15, -0.1) is 0 Å². The zero-order valence-electron chi connectivity index (χ0n) is 18.6. The summed E-state index contributed by atoms with van der Waals surface area (Å²) >= 11 is 0. The van der Waals surface area contributed by atoms with Gasteiger partial charge in [0.1, 0.15) is 6.23 Å². The van der Waals surface area contributed by atoms with Crippen LogP contribution in [0.1, 0.15) is 49.1 Å². The monoisotopic (exact) mass is 434 g/mol. The largest absolute Gasteiger partial charge is 0.371 e. The van der Waals surface area contributed by atoms with E-state index in [9.17, 15) is 9.59 Å². The first-order chi connectivity index (χ1) is 15.6. The van der Waals surface area contributed by atoms with E-state index in [4.69, 9.17) is 9.47 Å². The molecule has 1 aliphatic rings.